The number of aliphatic hydroxyl groups excluding tert-OH is 1. The van der Waals surface area contributed by atoms with Crippen LogP contribution in [-0.2, 0) is 0 Å². The van der Waals surface area contributed by atoms with Crippen molar-refractivity contribution in [3.63, 3.8) is 0 Å². The van der Waals surface area contributed by atoms with Gasteiger partial charge in [0, 0.05) is 24.8 Å². The van der Waals surface area contributed by atoms with E-state index in [0.29, 0.717) is 5.41 Å². The Hall–Kier alpha value is -1.13. The maximum absolute atomic E-state index is 13.8. The number of aliphatic hydroxyl groups is 1. The summed E-state index contributed by atoms with van der Waals surface area (Å²) in [6.45, 7) is 11.4. The lowest BCUT2D eigenvalue weighted by Gasteiger charge is -2.34. The molecule has 0 saturated carbocycles. The van der Waals surface area contributed by atoms with Crippen LogP contribution in [0.3, 0.4) is 0 Å². The Balaban J connectivity index is 2.08. The zero-order valence-electron chi connectivity index (χ0n) is 14.9. The van der Waals surface area contributed by atoms with E-state index < -0.39 is 0 Å². The largest absolute Gasteiger partial charge is 0.393 e. The van der Waals surface area contributed by atoms with Crippen LogP contribution in [0, 0.1) is 11.2 Å². The lowest BCUT2D eigenvalue weighted by atomic mass is 9.92. The first-order valence-corrected chi connectivity index (χ1v) is 8.72. The van der Waals surface area contributed by atoms with Crippen LogP contribution < -0.4 is 10.2 Å². The quantitative estimate of drug-likeness (QED) is 0.864. The van der Waals surface area contributed by atoms with E-state index in [1.54, 1.807) is 6.07 Å². The zero-order chi connectivity index (χ0) is 17.0. The van der Waals surface area contributed by atoms with Crippen molar-refractivity contribution in [1.29, 1.82) is 0 Å². The van der Waals surface area contributed by atoms with Crippen LogP contribution in [0.5, 0.6) is 0 Å². The Kier molecular flexibility index (Phi) is 6.04. The monoisotopic (exact) mass is 322 g/mol. The fraction of sp³-hybridized carbons (Fsp3) is 0.684. The second-order valence-corrected chi connectivity index (χ2v) is 7.91. The highest BCUT2D eigenvalue weighted by Crippen LogP contribution is 2.30. The van der Waals surface area contributed by atoms with E-state index in [9.17, 15) is 9.50 Å². The molecule has 0 bridgehead atoms. The van der Waals surface area contributed by atoms with Crippen LogP contribution >= 0.6 is 0 Å². The molecule has 1 aromatic rings. The molecule has 1 aliphatic heterocycles. The van der Waals surface area contributed by atoms with Gasteiger partial charge in [0.05, 0.1) is 6.10 Å². The number of anilines is 1. The third-order valence-electron chi connectivity index (χ3n) is 4.59. The van der Waals surface area contributed by atoms with Crippen molar-refractivity contribution < 1.29 is 9.50 Å². The van der Waals surface area contributed by atoms with Crippen LogP contribution in [0.15, 0.2) is 18.2 Å². The number of nitrogens with zero attached hydrogens (tertiary/aromatic N) is 1. The predicted octanol–water partition coefficient (Wildman–Crippen LogP) is 3.87. The van der Waals surface area contributed by atoms with Gasteiger partial charge in [0.2, 0.25) is 0 Å². The van der Waals surface area contributed by atoms with Crippen molar-refractivity contribution in [3.05, 3.63) is 29.6 Å². The van der Waals surface area contributed by atoms with Gasteiger partial charge in [0.25, 0.3) is 0 Å². The van der Waals surface area contributed by atoms with Gasteiger partial charge in [0.15, 0.2) is 0 Å². The molecule has 1 saturated heterocycles. The lowest BCUT2D eigenvalue weighted by molar-refractivity contribution is 0.145. The first kappa shape index (κ1) is 18.2. The van der Waals surface area contributed by atoms with E-state index in [-0.39, 0.29) is 18.0 Å². The van der Waals surface area contributed by atoms with E-state index in [1.807, 2.05) is 6.07 Å². The molecule has 23 heavy (non-hydrogen) atoms. The summed E-state index contributed by atoms with van der Waals surface area (Å²) in [5.74, 6) is -0.190. The minimum absolute atomic E-state index is 0.106. The Labute approximate surface area is 139 Å². The molecule has 3 nitrogen and oxygen atoms in total. The van der Waals surface area contributed by atoms with Gasteiger partial charge in [-0.1, -0.05) is 20.8 Å². The number of piperidine rings is 1. The number of hydrogen-bond donors (Lipinski definition) is 2. The SMILES string of the molecule is CC(NCCC(C)(C)C)c1cc(F)ccc1N1CCC(O)CC1. The summed E-state index contributed by atoms with van der Waals surface area (Å²) >= 11 is 0. The number of benzene rings is 1. The molecule has 2 rings (SSSR count). The van der Waals surface area contributed by atoms with Crippen LogP contribution in [-0.4, -0.2) is 30.8 Å². The van der Waals surface area contributed by atoms with Crippen LogP contribution in [0.4, 0.5) is 10.1 Å². The van der Waals surface area contributed by atoms with E-state index in [2.05, 4.69) is 37.9 Å². The maximum atomic E-state index is 13.8. The highest BCUT2D eigenvalue weighted by Gasteiger charge is 2.22. The Morgan fingerprint density at radius 1 is 1.30 bits per heavy atom. The summed E-state index contributed by atoms with van der Waals surface area (Å²) in [5, 5.41) is 13.2. The third-order valence-corrected chi connectivity index (χ3v) is 4.59. The molecule has 0 aromatic heterocycles. The number of halogens is 1. The lowest BCUT2D eigenvalue weighted by Crippen LogP contribution is -2.37. The van der Waals surface area contributed by atoms with Crippen LogP contribution in [0.1, 0.15) is 58.6 Å². The first-order valence-electron chi connectivity index (χ1n) is 8.72. The summed E-state index contributed by atoms with van der Waals surface area (Å²) in [4.78, 5) is 2.27. The van der Waals surface area contributed by atoms with Crippen molar-refractivity contribution in [2.24, 2.45) is 5.41 Å². The second-order valence-electron chi connectivity index (χ2n) is 7.91. The molecule has 1 unspecified atom stereocenters. The Bertz CT molecular complexity index is 505. The predicted molar refractivity (Wildman–Crippen MR) is 94.3 cm³/mol. The van der Waals surface area contributed by atoms with Gasteiger partial charge in [-0.15, -0.1) is 0 Å². The molecule has 0 amide bonds. The molecular weight excluding hydrogens is 291 g/mol. The van der Waals surface area contributed by atoms with E-state index in [4.69, 9.17) is 0 Å². The van der Waals surface area contributed by atoms with E-state index >= 15 is 0 Å². The highest BCUT2D eigenvalue weighted by molar-refractivity contribution is 5.55. The second kappa shape index (κ2) is 7.63. The normalized spacial score (nSPS) is 18.3. The van der Waals surface area contributed by atoms with Crippen molar-refractivity contribution in [3.8, 4) is 0 Å². The summed E-state index contributed by atoms with van der Waals surface area (Å²) in [5.41, 5.74) is 2.39. The molecule has 1 atom stereocenters. The van der Waals surface area contributed by atoms with Crippen molar-refractivity contribution >= 4 is 5.69 Å². The van der Waals surface area contributed by atoms with Gasteiger partial charge in [-0.25, -0.2) is 4.39 Å². The molecule has 0 aliphatic carbocycles. The minimum Gasteiger partial charge on any atom is -0.393 e. The van der Waals surface area contributed by atoms with E-state index in [0.717, 1.165) is 50.1 Å². The fourth-order valence-corrected chi connectivity index (χ4v) is 3.04. The molecule has 4 heteroatoms. The third kappa shape index (κ3) is 5.47. The molecule has 2 N–H and O–H groups in total. The van der Waals surface area contributed by atoms with Crippen molar-refractivity contribution in [1.82, 2.24) is 5.32 Å². The molecule has 1 aromatic carbocycles. The summed E-state index contributed by atoms with van der Waals surface area (Å²) in [7, 11) is 0. The summed E-state index contributed by atoms with van der Waals surface area (Å²) in [6.07, 6.45) is 2.45. The number of nitrogens with one attached hydrogen (secondary N) is 1. The van der Waals surface area contributed by atoms with Gasteiger partial charge in [0.1, 0.15) is 5.82 Å². The molecule has 0 spiro atoms. The average Bonchev–Trinajstić information content (AvgIpc) is 2.47. The van der Waals surface area contributed by atoms with Crippen LogP contribution in [0.2, 0.25) is 0 Å². The van der Waals surface area contributed by atoms with Gasteiger partial charge < -0.3 is 15.3 Å². The first-order chi connectivity index (χ1) is 10.8. The molecule has 1 aliphatic rings. The van der Waals surface area contributed by atoms with Gasteiger partial charge in [-0.05, 0) is 61.9 Å². The van der Waals surface area contributed by atoms with E-state index in [1.165, 1.54) is 6.07 Å². The highest BCUT2D eigenvalue weighted by atomic mass is 19.1. The summed E-state index contributed by atoms with van der Waals surface area (Å²) in [6, 6.07) is 5.17. The number of rotatable bonds is 5. The van der Waals surface area contributed by atoms with Gasteiger partial charge >= 0.3 is 0 Å². The van der Waals surface area contributed by atoms with Crippen LogP contribution in [0.25, 0.3) is 0 Å². The Morgan fingerprint density at radius 2 is 1.96 bits per heavy atom. The van der Waals surface area contributed by atoms with Crippen molar-refractivity contribution in [2.45, 2.75) is 59.1 Å². The fourth-order valence-electron chi connectivity index (χ4n) is 3.04. The topological polar surface area (TPSA) is 35.5 Å². The summed E-state index contributed by atoms with van der Waals surface area (Å²) < 4.78 is 13.8. The molecule has 0 radical (unpaired) electrons. The van der Waals surface area contributed by atoms with Crippen molar-refractivity contribution in [2.75, 3.05) is 24.5 Å². The minimum atomic E-state index is -0.197. The van der Waals surface area contributed by atoms with Gasteiger partial charge in [-0.3, -0.25) is 0 Å². The molecule has 130 valence electrons. The zero-order valence-corrected chi connectivity index (χ0v) is 14.9. The molecular formula is C19H31FN2O. The molecule has 1 heterocycles. The standard InChI is InChI=1S/C19H31FN2O/c1-14(21-10-9-19(2,3)4)17-13-15(20)5-6-18(17)22-11-7-16(23)8-12-22/h5-6,13-14,16,21,23H,7-12H2,1-4H3. The average molecular weight is 322 g/mol. The number of hydrogen-bond acceptors (Lipinski definition) is 3. The maximum Gasteiger partial charge on any atom is 0.123 e. The Morgan fingerprint density at radius 3 is 2.57 bits per heavy atom. The smallest absolute Gasteiger partial charge is 0.123 e. The molecule has 1 fully saturated rings. The van der Waals surface area contributed by atoms with Gasteiger partial charge in [-0.2, -0.15) is 0 Å².